The van der Waals surface area contributed by atoms with Gasteiger partial charge in [-0.25, -0.2) is 4.98 Å². The van der Waals surface area contributed by atoms with Crippen molar-refractivity contribution in [2.45, 2.75) is 31.8 Å². The van der Waals surface area contributed by atoms with Crippen LogP contribution in [0.2, 0.25) is 0 Å². The third-order valence-electron chi connectivity index (χ3n) is 5.29. The normalized spacial score (nSPS) is 11.2. The van der Waals surface area contributed by atoms with Crippen molar-refractivity contribution in [3.8, 4) is 11.4 Å². The molecule has 0 atom stereocenters. The van der Waals surface area contributed by atoms with Gasteiger partial charge in [0.15, 0.2) is 10.8 Å². The second-order valence-corrected chi connectivity index (χ2v) is 8.88. The number of hydrogen-bond donors (Lipinski definition) is 3. The van der Waals surface area contributed by atoms with Crippen molar-refractivity contribution in [3.05, 3.63) is 65.3 Å². The highest BCUT2D eigenvalue weighted by Crippen LogP contribution is 2.24. The Balaban J connectivity index is 1.62. The number of H-pyrrole nitrogens is 1. The Morgan fingerprint density at radius 3 is 2.70 bits per heavy atom. The molecule has 0 aliphatic carbocycles. The van der Waals surface area contributed by atoms with Crippen molar-refractivity contribution in [2.75, 3.05) is 18.2 Å². The summed E-state index contributed by atoms with van der Waals surface area (Å²) in [6.07, 6.45) is 0. The van der Waals surface area contributed by atoms with Gasteiger partial charge < -0.3 is 10.1 Å². The molecule has 170 valence electrons. The summed E-state index contributed by atoms with van der Waals surface area (Å²) in [4.78, 5) is 17.3. The minimum atomic E-state index is -0.152. The van der Waals surface area contributed by atoms with E-state index in [2.05, 4.69) is 34.3 Å². The number of carbonyl (C=O) groups excluding carboxylic acids is 1. The van der Waals surface area contributed by atoms with Gasteiger partial charge in [-0.1, -0.05) is 43.8 Å². The number of thioether (sulfide) groups is 1. The maximum Gasteiger partial charge on any atom is 0.234 e. The van der Waals surface area contributed by atoms with E-state index < -0.39 is 0 Å². The van der Waals surface area contributed by atoms with Gasteiger partial charge in [0.2, 0.25) is 5.91 Å². The van der Waals surface area contributed by atoms with Gasteiger partial charge in [0.05, 0.1) is 23.9 Å². The van der Waals surface area contributed by atoms with Gasteiger partial charge in [0.1, 0.15) is 11.2 Å². The molecule has 0 radical (unpaired) electrons. The number of anilines is 1. The number of aromatic nitrogens is 4. The smallest absolute Gasteiger partial charge is 0.234 e. The van der Waals surface area contributed by atoms with Crippen LogP contribution in [0.25, 0.3) is 16.7 Å². The number of carbonyl (C=O) groups is 1. The van der Waals surface area contributed by atoms with E-state index in [9.17, 15) is 4.79 Å². The summed E-state index contributed by atoms with van der Waals surface area (Å²) < 4.78 is 7.07. The lowest BCUT2D eigenvalue weighted by Gasteiger charge is -2.14. The second-order valence-electron chi connectivity index (χ2n) is 7.94. The molecule has 0 spiro atoms. The summed E-state index contributed by atoms with van der Waals surface area (Å²) in [6, 6.07) is 15.3. The monoisotopic (exact) mass is 462 g/mol. The Hall–Kier alpha value is -3.59. The molecule has 9 heteroatoms. The molecule has 4 rings (SSSR count). The van der Waals surface area contributed by atoms with Crippen LogP contribution in [0.15, 0.2) is 53.7 Å². The number of nitrogens with one attached hydrogen (secondary N) is 3. The van der Waals surface area contributed by atoms with Crippen LogP contribution in [-0.4, -0.2) is 38.5 Å². The van der Waals surface area contributed by atoms with E-state index >= 15 is 0 Å². The molecule has 2 aromatic heterocycles. The predicted octanol–water partition coefficient (Wildman–Crippen LogP) is 4.40. The zero-order chi connectivity index (χ0) is 23.5. The first-order valence-corrected chi connectivity index (χ1v) is 11.5. The summed E-state index contributed by atoms with van der Waals surface area (Å²) in [5.74, 6) is 1.09. The van der Waals surface area contributed by atoms with Gasteiger partial charge in [0.25, 0.3) is 0 Å². The Morgan fingerprint density at radius 1 is 1.24 bits per heavy atom. The summed E-state index contributed by atoms with van der Waals surface area (Å²) in [6.45, 7) is 6.12. The van der Waals surface area contributed by atoms with Crippen molar-refractivity contribution in [2.24, 2.45) is 0 Å². The maximum atomic E-state index is 12.6. The standard InChI is InChI=1S/C24H26N6O2S/c1-14(2)16-8-10-17(11-9-16)26-20(31)13-33-24-27-23-21(15(3)28-29-23)22(25)30(24)18-6-5-7-19(12-18)32-4/h5-12,14,25H,13H2,1-4H3,(H,26,31)(H,28,29). The molecule has 33 heavy (non-hydrogen) atoms. The molecule has 1 amide bonds. The van der Waals surface area contributed by atoms with Crippen molar-refractivity contribution >= 4 is 34.4 Å². The highest BCUT2D eigenvalue weighted by Gasteiger charge is 2.17. The minimum absolute atomic E-state index is 0.136. The van der Waals surface area contributed by atoms with Crippen LogP contribution in [0.5, 0.6) is 5.75 Å². The average Bonchev–Trinajstić information content (AvgIpc) is 3.18. The van der Waals surface area contributed by atoms with Gasteiger partial charge in [-0.15, -0.1) is 0 Å². The number of amides is 1. The number of aromatic amines is 1. The maximum absolute atomic E-state index is 12.6. The van der Waals surface area contributed by atoms with Crippen LogP contribution in [0, 0.1) is 12.3 Å². The van der Waals surface area contributed by atoms with Crippen LogP contribution >= 0.6 is 11.8 Å². The van der Waals surface area contributed by atoms with Crippen molar-refractivity contribution in [1.82, 2.24) is 19.7 Å². The highest BCUT2D eigenvalue weighted by molar-refractivity contribution is 7.99. The first kappa shape index (κ1) is 22.6. The fourth-order valence-electron chi connectivity index (χ4n) is 3.49. The van der Waals surface area contributed by atoms with E-state index in [1.807, 2.05) is 55.5 Å². The van der Waals surface area contributed by atoms with Crippen molar-refractivity contribution < 1.29 is 9.53 Å². The number of rotatable bonds is 7. The third kappa shape index (κ3) is 4.78. The molecule has 4 aromatic rings. The average molecular weight is 463 g/mol. The van der Waals surface area contributed by atoms with E-state index in [0.29, 0.717) is 27.9 Å². The fourth-order valence-corrected chi connectivity index (χ4v) is 4.30. The molecule has 8 nitrogen and oxygen atoms in total. The number of aryl methyl sites for hydroxylation is 1. The number of benzene rings is 2. The van der Waals surface area contributed by atoms with Gasteiger partial charge in [-0.2, -0.15) is 5.10 Å². The largest absolute Gasteiger partial charge is 0.497 e. The van der Waals surface area contributed by atoms with Gasteiger partial charge in [-0.3, -0.25) is 19.9 Å². The van der Waals surface area contributed by atoms with Crippen LogP contribution < -0.4 is 15.5 Å². The van der Waals surface area contributed by atoms with Crippen LogP contribution in [0.3, 0.4) is 0 Å². The fraction of sp³-hybridized carbons (Fsp3) is 0.250. The Bertz CT molecular complexity index is 1360. The van der Waals surface area contributed by atoms with E-state index in [1.54, 1.807) is 11.7 Å². The van der Waals surface area contributed by atoms with Crippen LogP contribution in [0.4, 0.5) is 5.69 Å². The topological polar surface area (TPSA) is 109 Å². The number of nitrogens with zero attached hydrogens (tertiary/aromatic N) is 3. The Labute approximate surface area is 195 Å². The number of hydrogen-bond acceptors (Lipinski definition) is 6. The number of fused-ring (bicyclic) bond motifs is 1. The number of ether oxygens (including phenoxy) is 1. The Morgan fingerprint density at radius 2 is 2.00 bits per heavy atom. The molecule has 0 saturated heterocycles. The molecule has 2 heterocycles. The molecular weight excluding hydrogens is 436 g/mol. The lowest BCUT2D eigenvalue weighted by Crippen LogP contribution is -2.23. The van der Waals surface area contributed by atoms with E-state index in [4.69, 9.17) is 10.1 Å². The van der Waals surface area contributed by atoms with Crippen molar-refractivity contribution in [1.29, 1.82) is 5.41 Å². The molecule has 0 unspecified atom stereocenters. The molecule has 0 bridgehead atoms. The van der Waals surface area contributed by atoms with E-state index in [1.165, 1.54) is 17.3 Å². The molecular formula is C24H26N6O2S. The summed E-state index contributed by atoms with van der Waals surface area (Å²) in [5, 5.41) is 20.0. The lowest BCUT2D eigenvalue weighted by molar-refractivity contribution is -0.113. The van der Waals surface area contributed by atoms with Crippen LogP contribution in [0.1, 0.15) is 31.0 Å². The van der Waals surface area contributed by atoms with Gasteiger partial charge in [-0.05, 0) is 42.7 Å². The lowest BCUT2D eigenvalue weighted by atomic mass is 10.0. The quantitative estimate of drug-likeness (QED) is 0.279. The van der Waals surface area contributed by atoms with E-state index in [0.717, 1.165) is 17.1 Å². The summed E-state index contributed by atoms with van der Waals surface area (Å²) >= 11 is 1.25. The highest BCUT2D eigenvalue weighted by atomic mass is 32.2. The zero-order valence-corrected chi connectivity index (χ0v) is 19.8. The summed E-state index contributed by atoms with van der Waals surface area (Å²) in [5.41, 5.74) is 4.14. The minimum Gasteiger partial charge on any atom is -0.497 e. The van der Waals surface area contributed by atoms with Gasteiger partial charge >= 0.3 is 0 Å². The van der Waals surface area contributed by atoms with Gasteiger partial charge in [0, 0.05) is 17.4 Å². The first-order chi connectivity index (χ1) is 15.9. The molecule has 3 N–H and O–H groups in total. The number of methoxy groups -OCH3 is 1. The summed E-state index contributed by atoms with van der Waals surface area (Å²) in [7, 11) is 1.60. The van der Waals surface area contributed by atoms with E-state index in [-0.39, 0.29) is 17.1 Å². The van der Waals surface area contributed by atoms with Crippen LogP contribution in [-0.2, 0) is 4.79 Å². The SMILES string of the molecule is COc1cccc(-n2c(SCC(=O)Nc3ccc(C(C)C)cc3)nc3n[nH]c(C)c3c2=N)c1. The molecule has 2 aromatic carbocycles. The third-order valence-corrected chi connectivity index (χ3v) is 6.22. The molecule has 0 aliphatic heterocycles. The molecule has 0 fully saturated rings. The Kier molecular flexibility index (Phi) is 6.50. The first-order valence-electron chi connectivity index (χ1n) is 10.6. The van der Waals surface area contributed by atoms with Crippen molar-refractivity contribution in [3.63, 3.8) is 0 Å². The second kappa shape index (κ2) is 9.50. The predicted molar refractivity (Wildman–Crippen MR) is 130 cm³/mol. The molecule has 0 aliphatic rings. The molecule has 0 saturated carbocycles. The zero-order valence-electron chi connectivity index (χ0n) is 19.0.